The number of rotatable bonds is 4. The van der Waals surface area contributed by atoms with Crippen LogP contribution in [-0.4, -0.2) is 63.5 Å². The van der Waals surface area contributed by atoms with E-state index in [2.05, 4.69) is 5.32 Å². The number of nitrogens with zero attached hydrogens (tertiary/aromatic N) is 1. The highest BCUT2D eigenvalue weighted by Crippen LogP contribution is 1.80. The van der Waals surface area contributed by atoms with Gasteiger partial charge in [0.25, 0.3) is 0 Å². The molecular formula is C10H22N3OS+. The number of morpholine rings is 1. The number of hydrogen-bond donors (Lipinski definition) is 2. The maximum Gasteiger partial charge on any atom is 0.168 e. The van der Waals surface area contributed by atoms with Crippen molar-refractivity contribution in [2.75, 3.05) is 53.5 Å². The lowest BCUT2D eigenvalue weighted by atomic mass is 10.3. The van der Waals surface area contributed by atoms with E-state index in [-0.39, 0.29) is 0 Å². The van der Waals surface area contributed by atoms with Crippen LogP contribution in [0.1, 0.15) is 6.42 Å². The molecule has 0 saturated carbocycles. The molecule has 0 spiro atoms. The lowest BCUT2D eigenvalue weighted by molar-refractivity contribution is -0.908. The smallest absolute Gasteiger partial charge is 0.168 e. The van der Waals surface area contributed by atoms with Crippen LogP contribution in [0.2, 0.25) is 0 Å². The van der Waals surface area contributed by atoms with Gasteiger partial charge in [0.2, 0.25) is 0 Å². The zero-order valence-electron chi connectivity index (χ0n) is 9.71. The van der Waals surface area contributed by atoms with E-state index in [1.807, 2.05) is 19.0 Å². The molecule has 1 rings (SSSR count). The number of hydrogen-bond acceptors (Lipinski definition) is 2. The Morgan fingerprint density at radius 1 is 1.40 bits per heavy atom. The molecule has 0 bridgehead atoms. The van der Waals surface area contributed by atoms with Gasteiger partial charge in [-0.2, -0.15) is 0 Å². The lowest BCUT2D eigenvalue weighted by Crippen LogP contribution is -3.14. The average molecular weight is 232 g/mol. The summed E-state index contributed by atoms with van der Waals surface area (Å²) in [5.74, 6) is 0. The first-order valence-corrected chi connectivity index (χ1v) is 5.97. The third kappa shape index (κ3) is 5.30. The number of nitrogens with one attached hydrogen (secondary N) is 2. The highest BCUT2D eigenvalue weighted by Gasteiger charge is 2.12. The molecule has 0 aromatic carbocycles. The van der Waals surface area contributed by atoms with E-state index >= 15 is 0 Å². The Morgan fingerprint density at radius 2 is 2.07 bits per heavy atom. The van der Waals surface area contributed by atoms with Crippen LogP contribution in [0.25, 0.3) is 0 Å². The fourth-order valence-electron chi connectivity index (χ4n) is 1.60. The predicted octanol–water partition coefficient (Wildman–Crippen LogP) is -1.27. The van der Waals surface area contributed by atoms with Crippen molar-refractivity contribution in [1.82, 2.24) is 10.2 Å². The summed E-state index contributed by atoms with van der Waals surface area (Å²) in [6, 6.07) is 0. The van der Waals surface area contributed by atoms with E-state index in [1.165, 1.54) is 13.0 Å². The average Bonchev–Trinajstić information content (AvgIpc) is 2.25. The minimum absolute atomic E-state index is 0.826. The van der Waals surface area contributed by atoms with Gasteiger partial charge >= 0.3 is 0 Å². The molecule has 1 aliphatic rings. The van der Waals surface area contributed by atoms with Crippen molar-refractivity contribution in [3.63, 3.8) is 0 Å². The predicted molar refractivity (Wildman–Crippen MR) is 65.3 cm³/mol. The summed E-state index contributed by atoms with van der Waals surface area (Å²) in [4.78, 5) is 3.58. The van der Waals surface area contributed by atoms with Gasteiger partial charge in [0.1, 0.15) is 13.1 Å². The Kier molecular flexibility index (Phi) is 5.90. The van der Waals surface area contributed by atoms with Crippen molar-refractivity contribution in [2.24, 2.45) is 0 Å². The van der Waals surface area contributed by atoms with Gasteiger partial charge in [-0.1, -0.05) is 0 Å². The summed E-state index contributed by atoms with van der Waals surface area (Å²) < 4.78 is 5.31. The molecule has 1 heterocycles. The summed E-state index contributed by atoms with van der Waals surface area (Å²) in [5.41, 5.74) is 0. The highest BCUT2D eigenvalue weighted by molar-refractivity contribution is 7.80. The minimum atomic E-state index is 0.826. The van der Waals surface area contributed by atoms with Gasteiger partial charge in [-0.05, 0) is 12.2 Å². The van der Waals surface area contributed by atoms with Crippen molar-refractivity contribution in [3.8, 4) is 0 Å². The lowest BCUT2D eigenvalue weighted by Gasteiger charge is -2.24. The van der Waals surface area contributed by atoms with Crippen LogP contribution >= 0.6 is 12.2 Å². The van der Waals surface area contributed by atoms with Crippen LogP contribution in [0.5, 0.6) is 0 Å². The van der Waals surface area contributed by atoms with Crippen LogP contribution in [0.3, 0.4) is 0 Å². The molecule has 1 aliphatic heterocycles. The summed E-state index contributed by atoms with van der Waals surface area (Å²) >= 11 is 5.14. The molecule has 15 heavy (non-hydrogen) atoms. The highest BCUT2D eigenvalue weighted by atomic mass is 32.1. The molecule has 88 valence electrons. The third-order valence-corrected chi connectivity index (χ3v) is 3.10. The van der Waals surface area contributed by atoms with Crippen molar-refractivity contribution in [3.05, 3.63) is 0 Å². The molecule has 0 amide bonds. The van der Waals surface area contributed by atoms with Crippen LogP contribution in [-0.2, 0) is 4.74 Å². The third-order valence-electron chi connectivity index (χ3n) is 2.59. The Bertz CT molecular complexity index is 193. The van der Waals surface area contributed by atoms with Crippen LogP contribution in [0, 0.1) is 0 Å². The number of thiocarbonyl (C=S) groups is 1. The Labute approximate surface area is 97.6 Å². The van der Waals surface area contributed by atoms with Crippen molar-refractivity contribution < 1.29 is 9.64 Å². The summed E-state index contributed by atoms with van der Waals surface area (Å²) in [6.07, 6.45) is 1.17. The molecule has 2 N–H and O–H groups in total. The summed E-state index contributed by atoms with van der Waals surface area (Å²) in [5, 5.41) is 4.06. The SMILES string of the molecule is CN(C)C(=S)NCCC[NH+]1CCOCC1. The normalized spacial score (nSPS) is 17.5. The Hall–Kier alpha value is -0.390. The molecule has 0 aromatic rings. The van der Waals surface area contributed by atoms with E-state index in [9.17, 15) is 0 Å². The zero-order valence-corrected chi connectivity index (χ0v) is 10.5. The second-order valence-electron chi connectivity index (χ2n) is 4.09. The fraction of sp³-hybridized carbons (Fsp3) is 0.900. The monoisotopic (exact) mass is 232 g/mol. The second-order valence-corrected chi connectivity index (χ2v) is 4.48. The summed E-state index contributed by atoms with van der Waals surface area (Å²) in [6.45, 7) is 6.32. The Morgan fingerprint density at radius 3 is 2.67 bits per heavy atom. The van der Waals surface area contributed by atoms with E-state index in [4.69, 9.17) is 17.0 Å². The molecule has 4 nitrogen and oxygen atoms in total. The maximum atomic E-state index is 5.31. The largest absolute Gasteiger partial charge is 0.370 e. The fourth-order valence-corrected chi connectivity index (χ4v) is 1.70. The van der Waals surface area contributed by atoms with Crippen molar-refractivity contribution in [1.29, 1.82) is 0 Å². The number of quaternary nitrogens is 1. The number of ether oxygens (including phenoxy) is 1. The molecule has 0 radical (unpaired) electrons. The van der Waals surface area contributed by atoms with Crippen molar-refractivity contribution in [2.45, 2.75) is 6.42 Å². The first-order valence-electron chi connectivity index (χ1n) is 5.56. The van der Waals surface area contributed by atoms with Gasteiger partial charge in [0.05, 0.1) is 19.8 Å². The van der Waals surface area contributed by atoms with Crippen molar-refractivity contribution >= 4 is 17.3 Å². The molecule has 0 aliphatic carbocycles. The van der Waals surface area contributed by atoms with E-state index in [0.29, 0.717) is 0 Å². The zero-order chi connectivity index (χ0) is 11.1. The molecular weight excluding hydrogens is 210 g/mol. The van der Waals surface area contributed by atoms with E-state index < -0.39 is 0 Å². The van der Waals surface area contributed by atoms with Crippen LogP contribution < -0.4 is 10.2 Å². The van der Waals surface area contributed by atoms with E-state index in [1.54, 1.807) is 4.90 Å². The van der Waals surface area contributed by atoms with E-state index in [0.717, 1.165) is 38.0 Å². The molecule has 5 heteroatoms. The molecule has 1 fully saturated rings. The van der Waals surface area contributed by atoms with Crippen LogP contribution in [0.4, 0.5) is 0 Å². The quantitative estimate of drug-likeness (QED) is 0.467. The second kappa shape index (κ2) is 6.98. The van der Waals surface area contributed by atoms with Gasteiger partial charge in [-0.25, -0.2) is 0 Å². The first kappa shape index (κ1) is 12.7. The molecule has 0 atom stereocenters. The topological polar surface area (TPSA) is 28.9 Å². The van der Waals surface area contributed by atoms with Gasteiger partial charge in [-0.15, -0.1) is 0 Å². The van der Waals surface area contributed by atoms with Gasteiger partial charge in [0, 0.05) is 27.1 Å². The molecule has 0 aromatic heterocycles. The standard InChI is InChI=1S/C10H21N3OS/c1-12(2)10(15)11-4-3-5-13-6-8-14-9-7-13/h3-9H2,1-2H3,(H,11,15)/p+1. The van der Waals surface area contributed by atoms with Gasteiger partial charge in [0.15, 0.2) is 5.11 Å². The first-order chi connectivity index (χ1) is 7.20. The minimum Gasteiger partial charge on any atom is -0.370 e. The Balaban J connectivity index is 1.98. The molecule has 0 unspecified atom stereocenters. The van der Waals surface area contributed by atoms with Gasteiger partial charge < -0.3 is 19.9 Å². The maximum absolute atomic E-state index is 5.31. The summed E-state index contributed by atoms with van der Waals surface area (Å²) in [7, 11) is 3.92. The van der Waals surface area contributed by atoms with Gasteiger partial charge in [-0.3, -0.25) is 0 Å². The molecule has 1 saturated heterocycles. The van der Waals surface area contributed by atoms with Crippen LogP contribution in [0.15, 0.2) is 0 Å².